The Hall–Kier alpha value is -2.61. The van der Waals surface area contributed by atoms with Crippen LogP contribution in [-0.2, 0) is 13.0 Å². The molecule has 8 heteroatoms. The van der Waals surface area contributed by atoms with Gasteiger partial charge in [-0.05, 0) is 49.7 Å². The summed E-state index contributed by atoms with van der Waals surface area (Å²) in [6.45, 7) is 6.85. The number of unbranched alkanes of at least 4 members (excludes halogenated alkanes) is 1. The first-order chi connectivity index (χ1) is 12.9. The van der Waals surface area contributed by atoms with Crippen LogP contribution >= 0.6 is 12.2 Å². The van der Waals surface area contributed by atoms with Gasteiger partial charge in [0.15, 0.2) is 10.8 Å². The van der Waals surface area contributed by atoms with Crippen LogP contribution in [-0.4, -0.2) is 21.2 Å². The minimum atomic E-state index is -0.543. The normalized spacial score (nSPS) is 10.6. The number of aromatic amines is 1. The minimum Gasteiger partial charge on any atom is -0.383 e. The van der Waals surface area contributed by atoms with Crippen molar-refractivity contribution < 1.29 is 0 Å². The van der Waals surface area contributed by atoms with E-state index in [-0.39, 0.29) is 11.5 Å². The van der Waals surface area contributed by atoms with E-state index in [9.17, 15) is 9.59 Å². The zero-order valence-electron chi connectivity index (χ0n) is 16.0. The fourth-order valence-electron chi connectivity index (χ4n) is 2.84. The number of nitrogens with one attached hydrogen (secondary N) is 2. The molecule has 7 nitrogen and oxygen atoms in total. The molecule has 0 saturated heterocycles. The molecule has 2 aromatic rings. The number of nitrogen functional groups attached to an aromatic ring is 1. The maximum Gasteiger partial charge on any atom is 0.330 e. The Labute approximate surface area is 164 Å². The highest BCUT2D eigenvalue weighted by Crippen LogP contribution is 2.19. The number of thiocarbonyl (C=S) groups is 1. The van der Waals surface area contributed by atoms with Crippen molar-refractivity contribution in [2.24, 2.45) is 0 Å². The molecular weight excluding hydrogens is 362 g/mol. The summed E-state index contributed by atoms with van der Waals surface area (Å²) in [6.07, 6.45) is 2.61. The molecule has 0 atom stereocenters. The monoisotopic (exact) mass is 389 g/mol. The summed E-state index contributed by atoms with van der Waals surface area (Å²) in [5, 5.41) is 3.51. The van der Waals surface area contributed by atoms with E-state index in [0.717, 1.165) is 24.9 Å². The smallest absolute Gasteiger partial charge is 0.330 e. The number of hydrogen-bond acceptors (Lipinski definition) is 4. The van der Waals surface area contributed by atoms with E-state index < -0.39 is 11.2 Å². The van der Waals surface area contributed by atoms with E-state index in [2.05, 4.69) is 17.2 Å². The summed E-state index contributed by atoms with van der Waals surface area (Å²) in [6, 6.07) is 7.91. The molecule has 0 unspecified atom stereocenters. The molecule has 1 heterocycles. The van der Waals surface area contributed by atoms with Gasteiger partial charge in [-0.2, -0.15) is 0 Å². The summed E-state index contributed by atoms with van der Waals surface area (Å²) < 4.78 is 1.39. The average Bonchev–Trinajstić information content (AvgIpc) is 2.64. The van der Waals surface area contributed by atoms with E-state index in [1.54, 1.807) is 4.90 Å². The van der Waals surface area contributed by atoms with Gasteiger partial charge in [0.05, 0.1) is 0 Å². The molecule has 27 heavy (non-hydrogen) atoms. The summed E-state index contributed by atoms with van der Waals surface area (Å²) >= 11 is 5.52. The van der Waals surface area contributed by atoms with Crippen LogP contribution in [0.1, 0.15) is 39.2 Å². The third-order valence-electron chi connectivity index (χ3n) is 4.37. The van der Waals surface area contributed by atoms with Gasteiger partial charge in [0.25, 0.3) is 5.56 Å². The predicted octanol–water partition coefficient (Wildman–Crippen LogP) is 2.70. The lowest BCUT2D eigenvalue weighted by Gasteiger charge is -2.26. The van der Waals surface area contributed by atoms with Gasteiger partial charge in [-0.25, -0.2) is 4.79 Å². The highest BCUT2D eigenvalue weighted by atomic mass is 32.1. The van der Waals surface area contributed by atoms with Gasteiger partial charge < -0.3 is 16.0 Å². The highest BCUT2D eigenvalue weighted by molar-refractivity contribution is 7.80. The van der Waals surface area contributed by atoms with Crippen LogP contribution in [0.5, 0.6) is 0 Å². The number of anilines is 3. The van der Waals surface area contributed by atoms with Crippen molar-refractivity contribution in [1.82, 2.24) is 9.55 Å². The molecule has 0 amide bonds. The maximum atomic E-state index is 12.5. The number of nitrogens with zero attached hydrogens (tertiary/aromatic N) is 2. The number of aromatic nitrogens is 2. The summed E-state index contributed by atoms with van der Waals surface area (Å²) in [5.74, 6) is 0.130. The Kier molecular flexibility index (Phi) is 7.18. The molecule has 4 N–H and O–H groups in total. The van der Waals surface area contributed by atoms with E-state index >= 15 is 0 Å². The fraction of sp³-hybridized carbons (Fsp3) is 0.421. The van der Waals surface area contributed by atoms with Crippen LogP contribution in [0.4, 0.5) is 17.2 Å². The first-order valence-electron chi connectivity index (χ1n) is 9.22. The SMILES string of the molecule is CCCCn1c(N)c(N(CC)C(=S)Nc2cccc(CC)c2)c(=O)[nH]c1=O. The number of benzene rings is 1. The van der Waals surface area contributed by atoms with Crippen LogP contribution in [0.2, 0.25) is 0 Å². The van der Waals surface area contributed by atoms with Crippen molar-refractivity contribution in [2.45, 2.75) is 46.6 Å². The molecular formula is C19H27N5O2S. The van der Waals surface area contributed by atoms with Crippen molar-refractivity contribution in [3.05, 3.63) is 50.7 Å². The Morgan fingerprint density at radius 3 is 2.67 bits per heavy atom. The first-order valence-corrected chi connectivity index (χ1v) is 9.63. The number of hydrogen-bond donors (Lipinski definition) is 3. The summed E-state index contributed by atoms with van der Waals surface area (Å²) in [4.78, 5) is 28.6. The van der Waals surface area contributed by atoms with Crippen LogP contribution < -0.4 is 27.2 Å². The van der Waals surface area contributed by atoms with Crippen molar-refractivity contribution in [3.8, 4) is 0 Å². The second kappa shape index (κ2) is 9.36. The molecule has 0 aliphatic heterocycles. The molecule has 0 aliphatic rings. The first kappa shape index (κ1) is 20.7. The second-order valence-corrected chi connectivity index (χ2v) is 6.61. The van der Waals surface area contributed by atoms with Crippen molar-refractivity contribution in [1.29, 1.82) is 0 Å². The minimum absolute atomic E-state index is 0.130. The van der Waals surface area contributed by atoms with Crippen molar-refractivity contribution in [2.75, 3.05) is 22.5 Å². The van der Waals surface area contributed by atoms with Crippen LogP contribution in [0.3, 0.4) is 0 Å². The maximum absolute atomic E-state index is 12.5. The lowest BCUT2D eigenvalue weighted by molar-refractivity contribution is 0.604. The molecule has 0 bridgehead atoms. The fourth-order valence-corrected chi connectivity index (χ4v) is 3.18. The van der Waals surface area contributed by atoms with Crippen molar-refractivity contribution in [3.63, 3.8) is 0 Å². The molecule has 0 aliphatic carbocycles. The van der Waals surface area contributed by atoms with E-state index in [1.165, 1.54) is 10.1 Å². The highest BCUT2D eigenvalue weighted by Gasteiger charge is 2.21. The third kappa shape index (κ3) is 4.77. The van der Waals surface area contributed by atoms with Crippen molar-refractivity contribution >= 4 is 34.5 Å². The second-order valence-electron chi connectivity index (χ2n) is 6.23. The zero-order valence-corrected chi connectivity index (χ0v) is 16.9. The summed E-state index contributed by atoms with van der Waals surface area (Å²) in [7, 11) is 0. The Bertz CT molecular complexity index is 919. The molecule has 0 spiro atoms. The largest absolute Gasteiger partial charge is 0.383 e. The van der Waals surface area contributed by atoms with Gasteiger partial charge in [-0.3, -0.25) is 14.3 Å². The van der Waals surface area contributed by atoms with Gasteiger partial charge in [0, 0.05) is 18.8 Å². The molecule has 146 valence electrons. The zero-order chi connectivity index (χ0) is 20.0. The quantitative estimate of drug-likeness (QED) is 0.630. The molecule has 0 radical (unpaired) electrons. The lowest BCUT2D eigenvalue weighted by Crippen LogP contribution is -2.42. The number of aryl methyl sites for hydroxylation is 1. The van der Waals surface area contributed by atoms with Crippen LogP contribution in [0.25, 0.3) is 0 Å². The van der Waals surface area contributed by atoms with Gasteiger partial charge in [0.2, 0.25) is 0 Å². The van der Waals surface area contributed by atoms with Crippen LogP contribution in [0.15, 0.2) is 33.9 Å². The number of rotatable bonds is 7. The third-order valence-corrected chi connectivity index (χ3v) is 4.69. The molecule has 1 aromatic heterocycles. The Balaban J connectivity index is 2.39. The summed E-state index contributed by atoms with van der Waals surface area (Å²) in [5.41, 5.74) is 7.36. The van der Waals surface area contributed by atoms with Gasteiger partial charge in [0.1, 0.15) is 5.82 Å². The topological polar surface area (TPSA) is 96.2 Å². The van der Waals surface area contributed by atoms with E-state index in [4.69, 9.17) is 18.0 Å². The van der Waals surface area contributed by atoms with Gasteiger partial charge in [-0.15, -0.1) is 0 Å². The predicted molar refractivity (Wildman–Crippen MR) is 116 cm³/mol. The Morgan fingerprint density at radius 2 is 2.04 bits per heavy atom. The van der Waals surface area contributed by atoms with Gasteiger partial charge in [-0.1, -0.05) is 32.4 Å². The molecule has 1 aromatic carbocycles. The molecule has 0 fully saturated rings. The van der Waals surface area contributed by atoms with Gasteiger partial charge >= 0.3 is 5.69 Å². The average molecular weight is 390 g/mol. The molecule has 0 saturated carbocycles. The standard InChI is InChI=1S/C19H27N5O2S/c1-4-7-11-24-16(20)15(17(25)22-18(24)26)23(6-3)19(27)21-14-10-8-9-13(5-2)12-14/h8-10,12H,4-7,11,20H2,1-3H3,(H,21,27)(H,22,25,26). The van der Waals surface area contributed by atoms with E-state index in [1.807, 2.05) is 38.1 Å². The molecule has 2 rings (SSSR count). The lowest BCUT2D eigenvalue weighted by atomic mass is 10.1. The number of nitrogens with two attached hydrogens (primary N) is 1. The van der Waals surface area contributed by atoms with E-state index in [0.29, 0.717) is 18.2 Å². The number of H-pyrrole nitrogens is 1. The Morgan fingerprint density at radius 1 is 1.30 bits per heavy atom. The van der Waals surface area contributed by atoms with Crippen LogP contribution in [0, 0.1) is 0 Å².